The molecule has 18 heavy (non-hydrogen) atoms. The lowest BCUT2D eigenvalue weighted by Crippen LogP contribution is -2.11. The molecule has 1 aliphatic carbocycles. The number of nitriles is 1. The van der Waals surface area contributed by atoms with Crippen LogP contribution in [0.2, 0.25) is 0 Å². The normalized spacial score (nSPS) is 16.2. The van der Waals surface area contributed by atoms with Gasteiger partial charge in [-0.1, -0.05) is 5.16 Å². The highest BCUT2D eigenvalue weighted by molar-refractivity contribution is 5.59. The number of hydrogen-bond donors (Lipinski definition) is 1. The molecule has 1 saturated carbocycles. The second-order valence-corrected chi connectivity index (χ2v) is 4.70. The molecule has 0 radical (unpaired) electrons. The Kier molecular flexibility index (Phi) is 2.42. The summed E-state index contributed by atoms with van der Waals surface area (Å²) >= 11 is 0. The quantitative estimate of drug-likeness (QED) is 0.893. The fraction of sp³-hybridized carbons (Fsp3) is 0.286. The number of aliphatic hydroxyl groups excluding tert-OH is 1. The second kappa shape index (κ2) is 3.97. The van der Waals surface area contributed by atoms with Gasteiger partial charge in [-0.05, 0) is 37.1 Å². The Morgan fingerprint density at radius 1 is 1.33 bits per heavy atom. The van der Waals surface area contributed by atoms with Crippen molar-refractivity contribution >= 4 is 0 Å². The maximum Gasteiger partial charge on any atom is 0.167 e. The van der Waals surface area contributed by atoms with Crippen molar-refractivity contribution in [3.8, 4) is 17.4 Å². The highest BCUT2D eigenvalue weighted by Gasteiger charge is 2.46. The predicted octanol–water partition coefficient (Wildman–Crippen LogP) is 2.24. The number of rotatable bonds is 3. The third-order valence-corrected chi connectivity index (χ3v) is 3.51. The van der Waals surface area contributed by atoms with Crippen molar-refractivity contribution in [1.29, 1.82) is 5.26 Å². The van der Waals surface area contributed by atoms with Gasteiger partial charge in [-0.15, -0.1) is 0 Å². The minimum absolute atomic E-state index is 0.117. The Bertz CT molecular complexity index is 603. The van der Waals surface area contributed by atoms with Gasteiger partial charge in [0.05, 0.1) is 23.9 Å². The largest absolute Gasteiger partial charge is 0.395 e. The van der Waals surface area contributed by atoms with Crippen LogP contribution < -0.4 is 0 Å². The standard InChI is InChI=1S/C14H12N2O2/c15-8-10-1-3-11(4-2-10)12-7-13(16-18-12)14(9-17)5-6-14/h1-4,7,17H,5-6,9H2. The maximum atomic E-state index is 9.34. The van der Waals surface area contributed by atoms with E-state index in [-0.39, 0.29) is 12.0 Å². The SMILES string of the molecule is N#Cc1ccc(-c2cc(C3(CO)CC3)no2)cc1. The van der Waals surface area contributed by atoms with Gasteiger partial charge >= 0.3 is 0 Å². The Morgan fingerprint density at radius 2 is 2.06 bits per heavy atom. The van der Waals surface area contributed by atoms with Gasteiger partial charge in [0.2, 0.25) is 0 Å². The molecule has 0 amide bonds. The smallest absolute Gasteiger partial charge is 0.167 e. The van der Waals surface area contributed by atoms with Crippen molar-refractivity contribution in [2.75, 3.05) is 6.61 Å². The molecule has 1 aromatic carbocycles. The van der Waals surface area contributed by atoms with E-state index in [1.165, 1.54) is 0 Å². The van der Waals surface area contributed by atoms with E-state index in [0.717, 1.165) is 24.1 Å². The van der Waals surface area contributed by atoms with Gasteiger partial charge in [-0.3, -0.25) is 0 Å². The zero-order valence-electron chi connectivity index (χ0n) is 9.76. The zero-order chi connectivity index (χ0) is 12.6. The third-order valence-electron chi connectivity index (χ3n) is 3.51. The summed E-state index contributed by atoms with van der Waals surface area (Å²) in [6.45, 7) is 0.117. The van der Waals surface area contributed by atoms with Crippen LogP contribution in [0, 0.1) is 11.3 Å². The summed E-state index contributed by atoms with van der Waals surface area (Å²) in [5.41, 5.74) is 2.16. The molecule has 2 aromatic rings. The average Bonchev–Trinajstić information content (AvgIpc) is 3.08. The van der Waals surface area contributed by atoms with Crippen molar-refractivity contribution in [2.45, 2.75) is 18.3 Å². The Morgan fingerprint density at radius 3 is 2.61 bits per heavy atom. The molecular formula is C14H12N2O2. The third kappa shape index (κ3) is 1.69. The molecule has 0 saturated heterocycles. The van der Waals surface area contributed by atoms with Crippen LogP contribution in [0.4, 0.5) is 0 Å². The predicted molar refractivity (Wildman–Crippen MR) is 64.7 cm³/mol. The van der Waals surface area contributed by atoms with E-state index in [1.807, 2.05) is 18.2 Å². The fourth-order valence-corrected chi connectivity index (χ4v) is 2.02. The van der Waals surface area contributed by atoms with Gasteiger partial charge in [-0.25, -0.2) is 0 Å². The van der Waals surface area contributed by atoms with E-state index >= 15 is 0 Å². The Hall–Kier alpha value is -2.12. The van der Waals surface area contributed by atoms with Crippen LogP contribution in [-0.4, -0.2) is 16.9 Å². The molecule has 0 bridgehead atoms. The van der Waals surface area contributed by atoms with E-state index in [0.29, 0.717) is 11.3 Å². The van der Waals surface area contributed by atoms with Gasteiger partial charge in [0.15, 0.2) is 5.76 Å². The zero-order valence-corrected chi connectivity index (χ0v) is 9.76. The molecule has 1 aromatic heterocycles. The molecule has 0 spiro atoms. The highest BCUT2D eigenvalue weighted by atomic mass is 16.5. The van der Waals surface area contributed by atoms with Crippen molar-refractivity contribution in [3.05, 3.63) is 41.6 Å². The highest BCUT2D eigenvalue weighted by Crippen LogP contribution is 2.47. The van der Waals surface area contributed by atoms with E-state index in [1.54, 1.807) is 12.1 Å². The molecule has 1 heterocycles. The van der Waals surface area contributed by atoms with Crippen LogP contribution in [0.15, 0.2) is 34.9 Å². The monoisotopic (exact) mass is 240 g/mol. The molecule has 4 nitrogen and oxygen atoms in total. The summed E-state index contributed by atoms with van der Waals surface area (Å²) in [4.78, 5) is 0. The van der Waals surface area contributed by atoms with Crippen LogP contribution in [0.3, 0.4) is 0 Å². The summed E-state index contributed by atoms with van der Waals surface area (Å²) in [6, 6.07) is 11.1. The molecule has 90 valence electrons. The van der Waals surface area contributed by atoms with Crippen LogP contribution in [-0.2, 0) is 5.41 Å². The number of hydrogen-bond acceptors (Lipinski definition) is 4. The minimum atomic E-state index is -0.172. The number of benzene rings is 1. The summed E-state index contributed by atoms with van der Waals surface area (Å²) in [7, 11) is 0. The first kappa shape index (κ1) is 11.0. The van der Waals surface area contributed by atoms with E-state index in [4.69, 9.17) is 9.78 Å². The average molecular weight is 240 g/mol. The Labute approximate surface area is 104 Å². The molecule has 0 aliphatic heterocycles. The number of nitrogens with zero attached hydrogens (tertiary/aromatic N) is 2. The van der Waals surface area contributed by atoms with Gasteiger partial charge < -0.3 is 9.63 Å². The molecule has 1 N–H and O–H groups in total. The van der Waals surface area contributed by atoms with Crippen molar-refractivity contribution < 1.29 is 9.63 Å². The molecule has 0 unspecified atom stereocenters. The van der Waals surface area contributed by atoms with Crippen LogP contribution in [0.5, 0.6) is 0 Å². The first-order valence-corrected chi connectivity index (χ1v) is 5.86. The summed E-state index contributed by atoms with van der Waals surface area (Å²) < 4.78 is 5.31. The molecule has 3 rings (SSSR count). The molecule has 1 aliphatic rings. The maximum absolute atomic E-state index is 9.34. The number of aliphatic hydroxyl groups is 1. The fourth-order valence-electron chi connectivity index (χ4n) is 2.02. The van der Waals surface area contributed by atoms with Crippen LogP contribution in [0.25, 0.3) is 11.3 Å². The minimum Gasteiger partial charge on any atom is -0.395 e. The van der Waals surface area contributed by atoms with Gasteiger partial charge in [0.25, 0.3) is 0 Å². The van der Waals surface area contributed by atoms with Crippen molar-refractivity contribution in [2.24, 2.45) is 0 Å². The van der Waals surface area contributed by atoms with Crippen molar-refractivity contribution in [3.63, 3.8) is 0 Å². The molecule has 4 heteroatoms. The first-order chi connectivity index (χ1) is 8.77. The van der Waals surface area contributed by atoms with Gasteiger partial charge in [0, 0.05) is 17.0 Å². The lowest BCUT2D eigenvalue weighted by Gasteiger charge is -2.04. The van der Waals surface area contributed by atoms with Gasteiger partial charge in [-0.2, -0.15) is 5.26 Å². The first-order valence-electron chi connectivity index (χ1n) is 5.86. The van der Waals surface area contributed by atoms with E-state index < -0.39 is 0 Å². The lowest BCUT2D eigenvalue weighted by molar-refractivity contribution is 0.248. The van der Waals surface area contributed by atoms with Crippen molar-refractivity contribution in [1.82, 2.24) is 5.16 Å². The summed E-state index contributed by atoms with van der Waals surface area (Å²) in [6.07, 6.45) is 1.92. The lowest BCUT2D eigenvalue weighted by atomic mass is 10.0. The molecular weight excluding hydrogens is 228 g/mol. The van der Waals surface area contributed by atoms with Crippen LogP contribution >= 0.6 is 0 Å². The van der Waals surface area contributed by atoms with E-state index in [9.17, 15) is 5.11 Å². The van der Waals surface area contributed by atoms with Gasteiger partial charge in [0.1, 0.15) is 0 Å². The topological polar surface area (TPSA) is 70.0 Å². The number of aromatic nitrogens is 1. The summed E-state index contributed by atoms with van der Waals surface area (Å²) in [5.74, 6) is 0.675. The molecule has 1 fully saturated rings. The van der Waals surface area contributed by atoms with E-state index in [2.05, 4.69) is 11.2 Å². The Balaban J connectivity index is 1.91. The molecule has 0 atom stereocenters. The van der Waals surface area contributed by atoms with Crippen LogP contribution in [0.1, 0.15) is 24.1 Å². The second-order valence-electron chi connectivity index (χ2n) is 4.70. The summed E-state index contributed by atoms with van der Waals surface area (Å²) in [5, 5.41) is 22.1.